The van der Waals surface area contributed by atoms with E-state index in [-0.39, 0.29) is 6.42 Å². The van der Waals surface area contributed by atoms with E-state index in [2.05, 4.69) is 83.7 Å². The lowest BCUT2D eigenvalue weighted by molar-refractivity contribution is -0.134. The van der Waals surface area contributed by atoms with Gasteiger partial charge in [0.25, 0.3) is 5.91 Å². The van der Waals surface area contributed by atoms with E-state index in [0.29, 0.717) is 11.3 Å². The minimum atomic E-state index is -0.663. The van der Waals surface area contributed by atoms with Crippen molar-refractivity contribution in [3.63, 3.8) is 0 Å². The average molecular weight is 687 g/mol. The van der Waals surface area contributed by atoms with Crippen LogP contribution in [0.25, 0.3) is 0 Å². The maximum Gasteiger partial charge on any atom is 0.319 e. The first-order valence-corrected chi connectivity index (χ1v) is 10.7. The third-order valence-corrected chi connectivity index (χ3v) is 7.77. The summed E-state index contributed by atoms with van der Waals surface area (Å²) in [6.07, 6.45) is -0.0865. The van der Waals surface area contributed by atoms with Crippen LogP contribution in [0.1, 0.15) is 18.0 Å². The summed E-state index contributed by atoms with van der Waals surface area (Å²) in [7, 11) is 0. The number of fused-ring (bicyclic) bond motifs is 1. The molecule has 0 fully saturated rings. The summed E-state index contributed by atoms with van der Waals surface area (Å²) < 4.78 is 2.89. The molecule has 6 nitrogen and oxygen atoms in total. The Balaban J connectivity index is 1.84. The summed E-state index contributed by atoms with van der Waals surface area (Å²) in [5.74, 6) is -1.23. The van der Waals surface area contributed by atoms with E-state index >= 15 is 0 Å². The number of benzene rings is 2. The van der Waals surface area contributed by atoms with Gasteiger partial charge in [-0.25, -0.2) is 4.79 Å². The maximum absolute atomic E-state index is 12.6. The number of carbonyl (C=O) groups is 3. The monoisotopic (exact) mass is 687 g/mol. The summed E-state index contributed by atoms with van der Waals surface area (Å²) in [6.45, 7) is 0. The highest BCUT2D eigenvalue weighted by Gasteiger charge is 2.29. The zero-order valence-electron chi connectivity index (χ0n) is 13.1. The highest BCUT2D eigenvalue weighted by Crippen LogP contribution is 2.30. The summed E-state index contributed by atoms with van der Waals surface area (Å²) >= 11 is 6.55. The summed E-state index contributed by atoms with van der Waals surface area (Å²) in [5.41, 5.74) is 1.96. The van der Waals surface area contributed by atoms with Crippen molar-refractivity contribution in [1.82, 2.24) is 5.32 Å². The molecule has 1 atom stereocenters. The summed E-state index contributed by atoms with van der Waals surface area (Å²) in [5, 5.41) is 8.26. The Morgan fingerprint density at radius 1 is 1.04 bits per heavy atom. The number of hydrogen-bond acceptors (Lipinski definition) is 3. The zero-order valence-corrected chi connectivity index (χ0v) is 19.6. The molecule has 0 radical (unpaired) electrons. The molecule has 0 saturated heterocycles. The van der Waals surface area contributed by atoms with Crippen LogP contribution < -0.4 is 16.0 Å². The molecule has 2 aromatic rings. The molecule has 134 valence electrons. The number of rotatable bonds is 2. The Kier molecular flexibility index (Phi) is 6.37. The van der Waals surface area contributed by atoms with Crippen LogP contribution in [0.4, 0.5) is 16.2 Å². The Labute approximate surface area is 190 Å². The molecule has 0 aliphatic carbocycles. The van der Waals surface area contributed by atoms with Gasteiger partial charge in [0.2, 0.25) is 5.78 Å². The van der Waals surface area contributed by atoms with Gasteiger partial charge in [-0.05, 0) is 91.5 Å². The first-order chi connectivity index (χ1) is 12.4. The van der Waals surface area contributed by atoms with Crippen LogP contribution in [0.15, 0.2) is 36.4 Å². The van der Waals surface area contributed by atoms with E-state index in [9.17, 15) is 14.4 Å². The largest absolute Gasteiger partial charge is 0.331 e. The number of nitrogens with one attached hydrogen (secondary N) is 3. The Morgan fingerprint density at radius 3 is 2.50 bits per heavy atom. The van der Waals surface area contributed by atoms with Crippen LogP contribution >= 0.6 is 67.8 Å². The van der Waals surface area contributed by atoms with Crippen molar-refractivity contribution in [2.45, 2.75) is 12.5 Å². The van der Waals surface area contributed by atoms with Gasteiger partial charge in [-0.15, -0.1) is 0 Å². The molecule has 0 saturated carbocycles. The number of urea groups is 1. The van der Waals surface area contributed by atoms with Crippen LogP contribution in [0.2, 0.25) is 0 Å². The standard InChI is InChI=1S/C17H12I3N3O3/c18-9-5-6-10(19)15(14(9)20)23-17(26)22-12-7-13(24)16(25)21-11-4-2-1-3-8(11)12/h1-6,12H,7H2,(H,21,25)(H2,22,23,26). The fourth-order valence-corrected chi connectivity index (χ4v) is 4.73. The van der Waals surface area contributed by atoms with Gasteiger partial charge < -0.3 is 16.0 Å². The lowest BCUT2D eigenvalue weighted by atomic mass is 10.0. The minimum absolute atomic E-state index is 0.0865. The lowest BCUT2D eigenvalue weighted by Gasteiger charge is -2.19. The van der Waals surface area contributed by atoms with Crippen molar-refractivity contribution in [2.24, 2.45) is 0 Å². The van der Waals surface area contributed by atoms with Crippen LogP contribution in [0.3, 0.4) is 0 Å². The highest BCUT2D eigenvalue weighted by atomic mass is 127. The predicted molar refractivity (Wildman–Crippen MR) is 124 cm³/mol. The molecule has 0 aromatic heterocycles. The third-order valence-electron chi connectivity index (χ3n) is 3.82. The maximum atomic E-state index is 12.6. The summed E-state index contributed by atoms with van der Waals surface area (Å²) in [6, 6.07) is 9.96. The van der Waals surface area contributed by atoms with Gasteiger partial charge in [0.15, 0.2) is 0 Å². The number of carbonyl (C=O) groups excluding carboxylic acids is 3. The van der Waals surface area contributed by atoms with E-state index in [0.717, 1.165) is 16.4 Å². The predicted octanol–water partition coefficient (Wildman–Crippen LogP) is 4.27. The third kappa shape index (κ3) is 4.30. The number of anilines is 2. The molecule has 1 heterocycles. The first-order valence-electron chi connectivity index (χ1n) is 7.51. The van der Waals surface area contributed by atoms with Crippen molar-refractivity contribution < 1.29 is 14.4 Å². The van der Waals surface area contributed by atoms with Gasteiger partial charge >= 0.3 is 6.03 Å². The van der Waals surface area contributed by atoms with E-state index in [4.69, 9.17) is 0 Å². The minimum Gasteiger partial charge on any atom is -0.331 e. The van der Waals surface area contributed by atoms with Gasteiger partial charge in [0.05, 0.1) is 15.3 Å². The number of para-hydroxylation sites is 1. The number of amides is 3. The van der Waals surface area contributed by atoms with Gasteiger partial charge in [-0.3, -0.25) is 9.59 Å². The second-order valence-corrected chi connectivity index (χ2v) is 8.94. The summed E-state index contributed by atoms with van der Waals surface area (Å²) in [4.78, 5) is 36.4. The molecule has 3 N–H and O–H groups in total. The smallest absolute Gasteiger partial charge is 0.319 e. The molecule has 1 unspecified atom stereocenters. The fraction of sp³-hybridized carbons (Fsp3) is 0.118. The van der Waals surface area contributed by atoms with Crippen molar-refractivity contribution in [2.75, 3.05) is 10.6 Å². The zero-order chi connectivity index (χ0) is 18.8. The van der Waals surface area contributed by atoms with Crippen molar-refractivity contribution in [3.8, 4) is 0 Å². The average Bonchev–Trinajstić information content (AvgIpc) is 2.72. The SMILES string of the molecule is O=C(Nc1c(I)ccc(I)c1I)NC1CC(=O)C(=O)Nc2ccccc21. The van der Waals surface area contributed by atoms with E-state index in [1.165, 1.54) is 0 Å². The second kappa shape index (κ2) is 8.37. The molecule has 9 heteroatoms. The van der Waals surface area contributed by atoms with Crippen LogP contribution in [-0.2, 0) is 9.59 Å². The molecule has 26 heavy (non-hydrogen) atoms. The molecular formula is C17H12I3N3O3. The quantitative estimate of drug-likeness (QED) is 0.251. The normalized spacial score (nSPS) is 16.3. The second-order valence-electron chi connectivity index (χ2n) is 5.54. The van der Waals surface area contributed by atoms with Gasteiger partial charge in [0, 0.05) is 19.2 Å². The van der Waals surface area contributed by atoms with E-state index < -0.39 is 23.8 Å². The topological polar surface area (TPSA) is 87.3 Å². The van der Waals surface area contributed by atoms with Crippen molar-refractivity contribution >= 4 is 96.9 Å². The molecule has 1 aliphatic rings. The van der Waals surface area contributed by atoms with Gasteiger partial charge in [-0.1, -0.05) is 18.2 Å². The molecule has 3 amide bonds. The fourth-order valence-electron chi connectivity index (χ4n) is 2.57. The number of hydrogen-bond donors (Lipinski definition) is 3. The van der Waals surface area contributed by atoms with Crippen LogP contribution in [0.5, 0.6) is 0 Å². The van der Waals surface area contributed by atoms with E-state index in [1.54, 1.807) is 24.3 Å². The number of ketones is 1. The number of Topliss-reactive ketones (excluding diaryl/α,β-unsaturated/α-hetero) is 1. The Hall–Kier alpha value is -0.960. The lowest BCUT2D eigenvalue weighted by Crippen LogP contribution is -2.34. The molecule has 2 aromatic carbocycles. The van der Waals surface area contributed by atoms with Crippen molar-refractivity contribution in [1.29, 1.82) is 0 Å². The Morgan fingerprint density at radius 2 is 1.73 bits per heavy atom. The highest BCUT2D eigenvalue weighted by molar-refractivity contribution is 14.1. The van der Waals surface area contributed by atoms with Gasteiger partial charge in [0.1, 0.15) is 0 Å². The molecular weight excluding hydrogens is 675 g/mol. The first kappa shape index (κ1) is 19.8. The molecule has 3 rings (SSSR count). The van der Waals surface area contributed by atoms with Crippen molar-refractivity contribution in [3.05, 3.63) is 52.7 Å². The Bertz CT molecular complexity index is 917. The van der Waals surface area contributed by atoms with E-state index in [1.807, 2.05) is 12.1 Å². The van der Waals surface area contributed by atoms with Crippen LogP contribution in [-0.4, -0.2) is 17.7 Å². The molecule has 0 spiro atoms. The van der Waals surface area contributed by atoms with Gasteiger partial charge in [-0.2, -0.15) is 0 Å². The molecule has 0 bridgehead atoms. The molecule has 1 aliphatic heterocycles. The van der Waals surface area contributed by atoms with Crippen LogP contribution in [0, 0.1) is 10.7 Å². The number of halogens is 3.